The number of hydrogen-bond donors (Lipinski definition) is 1. The third kappa shape index (κ3) is 2.27. The van der Waals surface area contributed by atoms with Gasteiger partial charge in [-0.25, -0.2) is 4.98 Å². The summed E-state index contributed by atoms with van der Waals surface area (Å²) in [4.78, 5) is 4.30. The minimum atomic E-state index is 0.415. The van der Waals surface area contributed by atoms with Gasteiger partial charge in [0.15, 0.2) is 0 Å². The quantitative estimate of drug-likeness (QED) is 0.870. The first kappa shape index (κ1) is 12.4. The molecule has 18 heavy (non-hydrogen) atoms. The molecule has 1 atom stereocenters. The second-order valence-corrected chi connectivity index (χ2v) is 6.20. The van der Waals surface area contributed by atoms with Crippen LogP contribution in [0.15, 0.2) is 39.7 Å². The number of aromatic nitrogens is 2. The second-order valence-electron chi connectivity index (χ2n) is 4.43. The van der Waals surface area contributed by atoms with E-state index in [2.05, 4.69) is 52.8 Å². The second kappa shape index (κ2) is 5.15. The number of rotatable bonds is 2. The summed E-state index contributed by atoms with van der Waals surface area (Å²) in [5.74, 6) is 0. The Balaban J connectivity index is 2.06. The fourth-order valence-electron chi connectivity index (χ4n) is 2.37. The molecular weight excluding hydrogens is 358 g/mol. The molecule has 1 fully saturated rings. The van der Waals surface area contributed by atoms with E-state index in [4.69, 9.17) is 0 Å². The molecule has 1 aliphatic rings. The van der Waals surface area contributed by atoms with Crippen LogP contribution in [0.1, 0.15) is 24.6 Å². The van der Waals surface area contributed by atoms with E-state index >= 15 is 0 Å². The maximum atomic E-state index is 4.30. The summed E-state index contributed by atoms with van der Waals surface area (Å²) >= 11 is 7.12. The van der Waals surface area contributed by atoms with Crippen LogP contribution < -0.4 is 5.32 Å². The molecule has 0 bridgehead atoms. The van der Waals surface area contributed by atoms with E-state index in [-0.39, 0.29) is 0 Å². The molecule has 0 spiro atoms. The smallest absolute Gasteiger partial charge is 0.0995 e. The first-order chi connectivity index (χ1) is 8.75. The van der Waals surface area contributed by atoms with Gasteiger partial charge in [0, 0.05) is 15.0 Å². The van der Waals surface area contributed by atoms with Crippen molar-refractivity contribution in [2.24, 2.45) is 0 Å². The van der Waals surface area contributed by atoms with Gasteiger partial charge in [-0.1, -0.05) is 15.9 Å². The molecular formula is C13H13Br2N3. The van der Waals surface area contributed by atoms with Gasteiger partial charge in [0.25, 0.3) is 0 Å². The third-order valence-corrected chi connectivity index (χ3v) is 4.42. The van der Waals surface area contributed by atoms with Crippen molar-refractivity contribution in [1.29, 1.82) is 0 Å². The van der Waals surface area contributed by atoms with Crippen molar-refractivity contribution in [2.75, 3.05) is 6.54 Å². The number of hydrogen-bond acceptors (Lipinski definition) is 2. The van der Waals surface area contributed by atoms with E-state index in [1.165, 1.54) is 18.5 Å². The number of imidazole rings is 1. The molecule has 2 aromatic rings. The molecule has 2 heterocycles. The Kier molecular flexibility index (Phi) is 3.54. The van der Waals surface area contributed by atoms with Gasteiger partial charge in [-0.15, -0.1) is 0 Å². The van der Waals surface area contributed by atoms with E-state index in [9.17, 15) is 0 Å². The summed E-state index contributed by atoms with van der Waals surface area (Å²) in [7, 11) is 0. The van der Waals surface area contributed by atoms with Crippen LogP contribution in [0.4, 0.5) is 0 Å². The van der Waals surface area contributed by atoms with Gasteiger partial charge in [-0.2, -0.15) is 0 Å². The first-order valence-electron chi connectivity index (χ1n) is 5.97. The fourth-order valence-corrected chi connectivity index (χ4v) is 3.16. The summed E-state index contributed by atoms with van der Waals surface area (Å²) < 4.78 is 4.29. The lowest BCUT2D eigenvalue weighted by atomic mass is 10.1. The molecule has 94 valence electrons. The molecule has 5 heteroatoms. The Morgan fingerprint density at radius 2 is 2.22 bits per heavy atom. The molecule has 0 saturated carbocycles. The van der Waals surface area contributed by atoms with Crippen LogP contribution in [0.3, 0.4) is 0 Å². The lowest BCUT2D eigenvalue weighted by Crippen LogP contribution is -2.16. The molecule has 1 saturated heterocycles. The Labute approximate surface area is 123 Å². The van der Waals surface area contributed by atoms with Crippen LogP contribution in [0, 0.1) is 0 Å². The van der Waals surface area contributed by atoms with Crippen LogP contribution in [0.2, 0.25) is 0 Å². The highest BCUT2D eigenvalue weighted by Crippen LogP contribution is 2.30. The highest BCUT2D eigenvalue weighted by molar-refractivity contribution is 9.11. The SMILES string of the molecule is Brc1ccc(Br)c(-n2cncc2C2CCCN2)c1. The highest BCUT2D eigenvalue weighted by atomic mass is 79.9. The van der Waals surface area contributed by atoms with Gasteiger partial charge in [0.05, 0.1) is 23.9 Å². The van der Waals surface area contributed by atoms with Crippen molar-refractivity contribution in [3.05, 3.63) is 45.4 Å². The number of nitrogens with one attached hydrogen (secondary N) is 1. The molecule has 0 aliphatic carbocycles. The zero-order valence-corrected chi connectivity index (χ0v) is 12.9. The van der Waals surface area contributed by atoms with Crippen molar-refractivity contribution in [3.8, 4) is 5.69 Å². The van der Waals surface area contributed by atoms with E-state index in [0.717, 1.165) is 21.2 Å². The number of benzene rings is 1. The van der Waals surface area contributed by atoms with E-state index in [0.29, 0.717) is 6.04 Å². The average molecular weight is 371 g/mol. The third-order valence-electron chi connectivity index (χ3n) is 3.25. The summed E-state index contributed by atoms with van der Waals surface area (Å²) in [6.07, 6.45) is 6.24. The molecule has 1 N–H and O–H groups in total. The summed E-state index contributed by atoms with van der Waals surface area (Å²) in [6.45, 7) is 1.09. The maximum absolute atomic E-state index is 4.30. The molecule has 3 nitrogen and oxygen atoms in total. The van der Waals surface area contributed by atoms with Crippen molar-refractivity contribution in [1.82, 2.24) is 14.9 Å². The van der Waals surface area contributed by atoms with Gasteiger partial charge >= 0.3 is 0 Å². The van der Waals surface area contributed by atoms with Gasteiger partial charge in [-0.05, 0) is 53.5 Å². The summed E-state index contributed by atoms with van der Waals surface area (Å²) in [5.41, 5.74) is 2.34. The van der Waals surface area contributed by atoms with Gasteiger partial charge in [-0.3, -0.25) is 0 Å². The fraction of sp³-hybridized carbons (Fsp3) is 0.308. The molecule has 1 aromatic heterocycles. The van der Waals surface area contributed by atoms with E-state index < -0.39 is 0 Å². The first-order valence-corrected chi connectivity index (χ1v) is 7.55. The Bertz CT molecular complexity index is 559. The molecule has 1 unspecified atom stereocenters. The van der Waals surface area contributed by atoms with Crippen LogP contribution >= 0.6 is 31.9 Å². The van der Waals surface area contributed by atoms with Crippen molar-refractivity contribution < 1.29 is 0 Å². The number of halogens is 2. The maximum Gasteiger partial charge on any atom is 0.0995 e. The molecule has 3 rings (SSSR count). The minimum absolute atomic E-state index is 0.415. The molecule has 0 radical (unpaired) electrons. The monoisotopic (exact) mass is 369 g/mol. The molecule has 0 amide bonds. The number of nitrogens with zero attached hydrogens (tertiary/aromatic N) is 2. The van der Waals surface area contributed by atoms with Gasteiger partial charge in [0.2, 0.25) is 0 Å². The van der Waals surface area contributed by atoms with Crippen molar-refractivity contribution in [3.63, 3.8) is 0 Å². The van der Waals surface area contributed by atoms with Crippen LogP contribution in [0.25, 0.3) is 5.69 Å². The largest absolute Gasteiger partial charge is 0.309 e. The van der Waals surface area contributed by atoms with E-state index in [1.54, 1.807) is 0 Å². The Hall–Kier alpha value is -0.650. The normalized spacial score (nSPS) is 19.3. The Morgan fingerprint density at radius 3 is 3.00 bits per heavy atom. The standard InChI is InChI=1S/C13H13Br2N3/c14-9-3-4-10(15)12(6-9)18-8-16-7-13(18)11-2-1-5-17-11/h3-4,6-8,11,17H,1-2,5H2. The van der Waals surface area contributed by atoms with Gasteiger partial charge < -0.3 is 9.88 Å². The van der Waals surface area contributed by atoms with Gasteiger partial charge in [0.1, 0.15) is 0 Å². The summed E-state index contributed by atoms with van der Waals surface area (Å²) in [5, 5.41) is 3.52. The molecule has 1 aliphatic heterocycles. The lowest BCUT2D eigenvalue weighted by molar-refractivity contribution is 0.615. The highest BCUT2D eigenvalue weighted by Gasteiger charge is 2.21. The predicted molar refractivity (Wildman–Crippen MR) is 78.9 cm³/mol. The van der Waals surface area contributed by atoms with Crippen molar-refractivity contribution in [2.45, 2.75) is 18.9 Å². The zero-order chi connectivity index (χ0) is 12.5. The van der Waals surface area contributed by atoms with E-state index in [1.807, 2.05) is 24.7 Å². The average Bonchev–Trinajstić information content (AvgIpc) is 3.00. The zero-order valence-electron chi connectivity index (χ0n) is 9.74. The minimum Gasteiger partial charge on any atom is -0.309 e. The van der Waals surface area contributed by atoms with Crippen LogP contribution in [0.5, 0.6) is 0 Å². The lowest BCUT2D eigenvalue weighted by Gasteiger charge is -2.15. The van der Waals surface area contributed by atoms with Crippen molar-refractivity contribution >= 4 is 31.9 Å². The molecule has 1 aromatic carbocycles. The summed E-state index contributed by atoms with van der Waals surface area (Å²) in [6, 6.07) is 6.59. The van der Waals surface area contributed by atoms with Crippen LogP contribution in [-0.4, -0.2) is 16.1 Å². The van der Waals surface area contributed by atoms with Crippen LogP contribution in [-0.2, 0) is 0 Å². The predicted octanol–water partition coefficient (Wildman–Crippen LogP) is 3.82. The topological polar surface area (TPSA) is 29.9 Å². The Morgan fingerprint density at radius 1 is 1.33 bits per heavy atom.